The zero-order valence-corrected chi connectivity index (χ0v) is 7.09. The van der Waals surface area contributed by atoms with E-state index in [0.717, 1.165) is 18.8 Å². The fourth-order valence-electron chi connectivity index (χ4n) is 1.04. The van der Waals surface area contributed by atoms with Gasteiger partial charge in [-0.1, -0.05) is 12.1 Å². The third-order valence-corrected chi connectivity index (χ3v) is 1.60. The Labute approximate surface area is 72.8 Å². The molecule has 0 aliphatic heterocycles. The maximum absolute atomic E-state index is 5.61. The molecule has 0 bridgehead atoms. The van der Waals surface area contributed by atoms with E-state index >= 15 is 0 Å². The van der Waals surface area contributed by atoms with Gasteiger partial charge in [-0.25, -0.2) is 0 Å². The molecule has 0 radical (unpaired) electrons. The summed E-state index contributed by atoms with van der Waals surface area (Å²) in [6, 6.07) is 7.84. The predicted molar refractivity (Wildman–Crippen MR) is 51.6 cm³/mol. The van der Waals surface area contributed by atoms with Gasteiger partial charge in [0.2, 0.25) is 0 Å². The minimum Gasteiger partial charge on any atom is -0.399 e. The standard InChI is InChI=1S/C9H15N3/c10-4-5-12-7-8-2-1-3-9(11)6-8/h1-3,6,12H,4-5,7,10-11H2. The smallest absolute Gasteiger partial charge is 0.0317 e. The molecule has 0 unspecified atom stereocenters. The molecule has 3 nitrogen and oxygen atoms in total. The summed E-state index contributed by atoms with van der Waals surface area (Å²) in [7, 11) is 0. The molecule has 1 rings (SSSR count). The van der Waals surface area contributed by atoms with E-state index in [1.165, 1.54) is 5.56 Å². The summed E-state index contributed by atoms with van der Waals surface area (Å²) in [5.41, 5.74) is 13.0. The number of nitrogen functional groups attached to an aromatic ring is 1. The van der Waals surface area contributed by atoms with Crippen LogP contribution in [0.5, 0.6) is 0 Å². The van der Waals surface area contributed by atoms with Crippen molar-refractivity contribution in [3.8, 4) is 0 Å². The zero-order valence-electron chi connectivity index (χ0n) is 7.09. The first-order valence-corrected chi connectivity index (χ1v) is 4.08. The number of rotatable bonds is 4. The second-order valence-electron chi connectivity index (χ2n) is 2.71. The Morgan fingerprint density at radius 2 is 2.17 bits per heavy atom. The van der Waals surface area contributed by atoms with Crippen LogP contribution < -0.4 is 16.8 Å². The predicted octanol–water partition coefficient (Wildman–Crippen LogP) is 0.317. The van der Waals surface area contributed by atoms with E-state index in [9.17, 15) is 0 Å². The van der Waals surface area contributed by atoms with Gasteiger partial charge in [0.15, 0.2) is 0 Å². The van der Waals surface area contributed by atoms with Gasteiger partial charge < -0.3 is 16.8 Å². The largest absolute Gasteiger partial charge is 0.399 e. The molecule has 1 aromatic rings. The maximum Gasteiger partial charge on any atom is 0.0317 e. The molecule has 0 atom stereocenters. The highest BCUT2D eigenvalue weighted by Crippen LogP contribution is 2.05. The molecule has 0 heterocycles. The summed E-state index contributed by atoms with van der Waals surface area (Å²) in [6.45, 7) is 2.35. The van der Waals surface area contributed by atoms with Gasteiger partial charge in [0.25, 0.3) is 0 Å². The molecule has 0 aromatic heterocycles. The molecule has 0 aliphatic rings. The summed E-state index contributed by atoms with van der Waals surface area (Å²) < 4.78 is 0. The number of nitrogens with two attached hydrogens (primary N) is 2. The van der Waals surface area contributed by atoms with Crippen molar-refractivity contribution in [1.29, 1.82) is 0 Å². The number of hydrogen-bond acceptors (Lipinski definition) is 3. The third kappa shape index (κ3) is 2.90. The molecule has 0 amide bonds. The summed E-state index contributed by atoms with van der Waals surface area (Å²) >= 11 is 0. The van der Waals surface area contributed by atoms with Crippen molar-refractivity contribution >= 4 is 5.69 Å². The Morgan fingerprint density at radius 1 is 1.33 bits per heavy atom. The Balaban J connectivity index is 2.41. The number of anilines is 1. The highest BCUT2D eigenvalue weighted by molar-refractivity contribution is 5.40. The topological polar surface area (TPSA) is 64.1 Å². The van der Waals surface area contributed by atoms with E-state index in [-0.39, 0.29) is 0 Å². The molecule has 3 heteroatoms. The Bertz CT molecular complexity index is 235. The fraction of sp³-hybridized carbons (Fsp3) is 0.333. The molecule has 12 heavy (non-hydrogen) atoms. The van der Waals surface area contributed by atoms with Gasteiger partial charge in [0.05, 0.1) is 0 Å². The summed E-state index contributed by atoms with van der Waals surface area (Å²) in [5, 5.41) is 3.20. The van der Waals surface area contributed by atoms with Crippen molar-refractivity contribution in [1.82, 2.24) is 5.32 Å². The summed E-state index contributed by atoms with van der Waals surface area (Å²) in [5.74, 6) is 0. The fourth-order valence-corrected chi connectivity index (χ4v) is 1.04. The lowest BCUT2D eigenvalue weighted by atomic mass is 10.2. The van der Waals surface area contributed by atoms with Crippen LogP contribution in [-0.2, 0) is 6.54 Å². The monoisotopic (exact) mass is 165 g/mol. The van der Waals surface area contributed by atoms with Gasteiger partial charge in [-0.3, -0.25) is 0 Å². The molecule has 0 spiro atoms. The molecule has 5 N–H and O–H groups in total. The molecular formula is C9H15N3. The molecule has 0 fully saturated rings. The van der Waals surface area contributed by atoms with E-state index in [0.29, 0.717) is 6.54 Å². The summed E-state index contributed by atoms with van der Waals surface area (Å²) in [4.78, 5) is 0. The van der Waals surface area contributed by atoms with E-state index < -0.39 is 0 Å². The van der Waals surface area contributed by atoms with Crippen molar-refractivity contribution in [2.45, 2.75) is 6.54 Å². The van der Waals surface area contributed by atoms with Crippen LogP contribution in [0.25, 0.3) is 0 Å². The minimum absolute atomic E-state index is 0.669. The van der Waals surface area contributed by atoms with Crippen molar-refractivity contribution in [2.24, 2.45) is 5.73 Å². The first-order valence-electron chi connectivity index (χ1n) is 4.08. The van der Waals surface area contributed by atoms with Crippen LogP contribution in [0.15, 0.2) is 24.3 Å². The quantitative estimate of drug-likeness (QED) is 0.444. The van der Waals surface area contributed by atoms with Gasteiger partial charge in [-0.15, -0.1) is 0 Å². The number of benzene rings is 1. The van der Waals surface area contributed by atoms with Crippen LogP contribution in [0, 0.1) is 0 Å². The maximum atomic E-state index is 5.61. The molecule has 0 saturated heterocycles. The van der Waals surface area contributed by atoms with Crippen LogP contribution in [0.3, 0.4) is 0 Å². The minimum atomic E-state index is 0.669. The van der Waals surface area contributed by atoms with Gasteiger partial charge in [0, 0.05) is 25.3 Å². The van der Waals surface area contributed by atoms with Crippen LogP contribution in [0.4, 0.5) is 5.69 Å². The third-order valence-electron chi connectivity index (χ3n) is 1.60. The first-order chi connectivity index (χ1) is 5.83. The lowest BCUT2D eigenvalue weighted by Crippen LogP contribution is -2.21. The van der Waals surface area contributed by atoms with Gasteiger partial charge in [-0.05, 0) is 17.7 Å². The van der Waals surface area contributed by atoms with E-state index in [1.807, 2.05) is 24.3 Å². The van der Waals surface area contributed by atoms with Crippen molar-refractivity contribution in [2.75, 3.05) is 18.8 Å². The van der Waals surface area contributed by atoms with Crippen LogP contribution >= 0.6 is 0 Å². The normalized spacial score (nSPS) is 10.1. The molecule has 66 valence electrons. The highest BCUT2D eigenvalue weighted by Gasteiger charge is 1.91. The van der Waals surface area contributed by atoms with Crippen LogP contribution in [0.1, 0.15) is 5.56 Å². The van der Waals surface area contributed by atoms with E-state index in [2.05, 4.69) is 5.32 Å². The Morgan fingerprint density at radius 3 is 2.83 bits per heavy atom. The Kier molecular flexibility index (Phi) is 3.57. The lowest BCUT2D eigenvalue weighted by Gasteiger charge is -2.03. The van der Waals surface area contributed by atoms with E-state index in [1.54, 1.807) is 0 Å². The molecular weight excluding hydrogens is 150 g/mol. The van der Waals surface area contributed by atoms with Gasteiger partial charge in [0.1, 0.15) is 0 Å². The zero-order chi connectivity index (χ0) is 8.81. The second kappa shape index (κ2) is 4.74. The van der Waals surface area contributed by atoms with Crippen LogP contribution in [-0.4, -0.2) is 13.1 Å². The molecule has 1 aromatic carbocycles. The first kappa shape index (κ1) is 9.03. The van der Waals surface area contributed by atoms with Crippen molar-refractivity contribution in [3.63, 3.8) is 0 Å². The highest BCUT2D eigenvalue weighted by atomic mass is 14.9. The number of hydrogen-bond donors (Lipinski definition) is 3. The molecule has 0 aliphatic carbocycles. The lowest BCUT2D eigenvalue weighted by molar-refractivity contribution is 0.695. The number of nitrogens with one attached hydrogen (secondary N) is 1. The average molecular weight is 165 g/mol. The van der Waals surface area contributed by atoms with E-state index in [4.69, 9.17) is 11.5 Å². The van der Waals surface area contributed by atoms with Gasteiger partial charge in [-0.2, -0.15) is 0 Å². The Hall–Kier alpha value is -1.06. The second-order valence-corrected chi connectivity index (χ2v) is 2.71. The van der Waals surface area contributed by atoms with Crippen molar-refractivity contribution in [3.05, 3.63) is 29.8 Å². The summed E-state index contributed by atoms with van der Waals surface area (Å²) in [6.07, 6.45) is 0. The van der Waals surface area contributed by atoms with Crippen LogP contribution in [0.2, 0.25) is 0 Å². The molecule has 0 saturated carbocycles. The average Bonchev–Trinajstić information content (AvgIpc) is 2.05. The van der Waals surface area contributed by atoms with Gasteiger partial charge >= 0.3 is 0 Å². The SMILES string of the molecule is NCCNCc1cccc(N)c1. The van der Waals surface area contributed by atoms with Crippen molar-refractivity contribution < 1.29 is 0 Å².